The summed E-state index contributed by atoms with van der Waals surface area (Å²) >= 11 is 0. The zero-order valence-corrected chi connectivity index (χ0v) is 16.3. The summed E-state index contributed by atoms with van der Waals surface area (Å²) in [5.74, 6) is 0.288. The van der Waals surface area contributed by atoms with Crippen molar-refractivity contribution in [2.24, 2.45) is 0 Å². The average Bonchev–Trinajstić information content (AvgIpc) is 2.76. The number of anilines is 4. The molecule has 1 saturated heterocycles. The van der Waals surface area contributed by atoms with E-state index in [-0.39, 0.29) is 5.91 Å². The number of morpholine rings is 1. The number of rotatable bonds is 5. The van der Waals surface area contributed by atoms with Crippen LogP contribution in [0.3, 0.4) is 0 Å². The molecule has 29 heavy (non-hydrogen) atoms. The Hall–Kier alpha value is -3.45. The number of ether oxygens (including phenoxy) is 1. The van der Waals surface area contributed by atoms with Crippen LogP contribution in [0.15, 0.2) is 60.9 Å². The lowest BCUT2D eigenvalue weighted by atomic mass is 10.2. The second-order valence-electron chi connectivity index (χ2n) is 6.85. The van der Waals surface area contributed by atoms with Crippen LogP contribution in [0.25, 0.3) is 0 Å². The third-order valence-electron chi connectivity index (χ3n) is 4.73. The van der Waals surface area contributed by atoms with Gasteiger partial charge in [-0.15, -0.1) is 0 Å². The number of para-hydroxylation sites is 2. The number of nitrogens with one attached hydrogen (secondary N) is 2. The number of carbonyl (C=O) groups excluding carboxylic acids is 1. The average molecular weight is 389 g/mol. The van der Waals surface area contributed by atoms with Crippen LogP contribution in [0.1, 0.15) is 16.1 Å². The van der Waals surface area contributed by atoms with Crippen LogP contribution in [0.2, 0.25) is 0 Å². The Morgan fingerprint density at radius 1 is 1.03 bits per heavy atom. The molecule has 0 spiro atoms. The highest BCUT2D eigenvalue weighted by Gasteiger charge is 2.15. The minimum absolute atomic E-state index is 0.277. The van der Waals surface area contributed by atoms with Gasteiger partial charge in [0.15, 0.2) is 0 Å². The number of carbonyl (C=O) groups is 1. The van der Waals surface area contributed by atoms with Crippen molar-refractivity contribution in [1.29, 1.82) is 0 Å². The van der Waals surface area contributed by atoms with E-state index in [9.17, 15) is 4.79 Å². The summed E-state index contributed by atoms with van der Waals surface area (Å²) in [4.78, 5) is 23.2. The van der Waals surface area contributed by atoms with Gasteiger partial charge in [-0.2, -0.15) is 0 Å². The van der Waals surface area contributed by atoms with Gasteiger partial charge in [0.25, 0.3) is 5.91 Å². The summed E-state index contributed by atoms with van der Waals surface area (Å²) in [5.41, 5.74) is 4.17. The van der Waals surface area contributed by atoms with E-state index in [2.05, 4.69) is 31.6 Å². The molecule has 0 atom stereocenters. The molecule has 1 fully saturated rings. The van der Waals surface area contributed by atoms with Crippen molar-refractivity contribution in [3.8, 4) is 0 Å². The molecule has 3 aromatic rings. The fourth-order valence-electron chi connectivity index (χ4n) is 3.18. The Morgan fingerprint density at radius 2 is 1.79 bits per heavy atom. The zero-order valence-electron chi connectivity index (χ0n) is 16.3. The molecule has 7 heteroatoms. The van der Waals surface area contributed by atoms with Gasteiger partial charge < -0.3 is 20.3 Å². The lowest BCUT2D eigenvalue weighted by molar-refractivity contribution is 0.102. The normalized spacial score (nSPS) is 13.8. The molecule has 0 saturated carbocycles. The van der Waals surface area contributed by atoms with Crippen molar-refractivity contribution in [3.63, 3.8) is 0 Å². The van der Waals surface area contributed by atoms with E-state index in [1.165, 1.54) is 6.33 Å². The summed E-state index contributed by atoms with van der Waals surface area (Å²) in [6.07, 6.45) is 1.39. The van der Waals surface area contributed by atoms with Gasteiger partial charge in [0.2, 0.25) is 0 Å². The van der Waals surface area contributed by atoms with Crippen molar-refractivity contribution in [2.45, 2.75) is 6.92 Å². The van der Waals surface area contributed by atoms with Crippen molar-refractivity contribution in [1.82, 2.24) is 9.97 Å². The van der Waals surface area contributed by atoms with E-state index in [0.29, 0.717) is 24.7 Å². The van der Waals surface area contributed by atoms with Gasteiger partial charge in [-0.3, -0.25) is 4.79 Å². The van der Waals surface area contributed by atoms with Gasteiger partial charge in [0, 0.05) is 24.8 Å². The predicted octanol–water partition coefficient (Wildman–Crippen LogP) is 3.62. The first kappa shape index (κ1) is 18.9. The predicted molar refractivity (Wildman–Crippen MR) is 114 cm³/mol. The van der Waals surface area contributed by atoms with Gasteiger partial charge in [-0.1, -0.05) is 29.8 Å². The van der Waals surface area contributed by atoms with Crippen LogP contribution in [0.5, 0.6) is 0 Å². The molecule has 2 aromatic carbocycles. The minimum Gasteiger partial charge on any atom is -0.378 e. The number of benzene rings is 2. The highest BCUT2D eigenvalue weighted by Crippen LogP contribution is 2.28. The van der Waals surface area contributed by atoms with Crippen LogP contribution in [0.4, 0.5) is 22.9 Å². The molecule has 148 valence electrons. The fraction of sp³-hybridized carbons (Fsp3) is 0.227. The van der Waals surface area contributed by atoms with Crippen molar-refractivity contribution < 1.29 is 9.53 Å². The van der Waals surface area contributed by atoms with E-state index >= 15 is 0 Å². The van der Waals surface area contributed by atoms with Gasteiger partial charge in [0.05, 0.1) is 24.6 Å². The zero-order chi connectivity index (χ0) is 20.1. The van der Waals surface area contributed by atoms with E-state index in [1.54, 1.807) is 6.07 Å². The summed E-state index contributed by atoms with van der Waals surface area (Å²) in [5, 5.41) is 6.18. The quantitative estimate of drug-likeness (QED) is 0.694. The number of nitrogens with zero attached hydrogens (tertiary/aromatic N) is 3. The maximum atomic E-state index is 12.6. The fourth-order valence-corrected chi connectivity index (χ4v) is 3.18. The lowest BCUT2D eigenvalue weighted by Gasteiger charge is -2.30. The second-order valence-corrected chi connectivity index (χ2v) is 6.85. The highest BCUT2D eigenvalue weighted by atomic mass is 16.5. The summed E-state index contributed by atoms with van der Waals surface area (Å²) in [6.45, 7) is 5.11. The first-order valence-corrected chi connectivity index (χ1v) is 9.58. The molecular formula is C22H23N5O2. The van der Waals surface area contributed by atoms with Crippen molar-refractivity contribution >= 4 is 28.8 Å². The maximum Gasteiger partial charge on any atom is 0.274 e. The smallest absolute Gasteiger partial charge is 0.274 e. The highest BCUT2D eigenvalue weighted by molar-refractivity contribution is 6.03. The molecule has 2 N–H and O–H groups in total. The molecule has 1 amide bonds. The molecule has 2 heterocycles. The third-order valence-corrected chi connectivity index (χ3v) is 4.73. The van der Waals surface area contributed by atoms with Crippen molar-refractivity contribution in [2.75, 3.05) is 41.8 Å². The topological polar surface area (TPSA) is 79.4 Å². The molecule has 1 aliphatic heterocycles. The number of hydrogen-bond acceptors (Lipinski definition) is 6. The molecular weight excluding hydrogens is 366 g/mol. The Kier molecular flexibility index (Phi) is 5.67. The molecule has 0 radical (unpaired) electrons. The molecule has 7 nitrogen and oxygen atoms in total. The Bertz CT molecular complexity index is 985. The SMILES string of the molecule is Cc1ccc(NC(=O)c2cc(Nc3ccccc3N3CCOCC3)ncn2)cc1. The van der Waals surface area contributed by atoms with Gasteiger partial charge in [-0.05, 0) is 31.2 Å². The lowest BCUT2D eigenvalue weighted by Crippen LogP contribution is -2.36. The number of hydrogen-bond donors (Lipinski definition) is 2. The van der Waals surface area contributed by atoms with E-state index in [4.69, 9.17) is 4.74 Å². The number of amides is 1. The second kappa shape index (κ2) is 8.70. The van der Waals surface area contributed by atoms with Gasteiger partial charge >= 0.3 is 0 Å². The Morgan fingerprint density at radius 3 is 2.59 bits per heavy atom. The largest absolute Gasteiger partial charge is 0.378 e. The first-order chi connectivity index (χ1) is 14.2. The summed E-state index contributed by atoms with van der Waals surface area (Å²) in [7, 11) is 0. The minimum atomic E-state index is -0.277. The van der Waals surface area contributed by atoms with Crippen LogP contribution in [0, 0.1) is 6.92 Å². The van der Waals surface area contributed by atoms with Crippen LogP contribution < -0.4 is 15.5 Å². The van der Waals surface area contributed by atoms with Gasteiger partial charge in [0.1, 0.15) is 17.8 Å². The van der Waals surface area contributed by atoms with Crippen LogP contribution in [-0.4, -0.2) is 42.2 Å². The molecule has 0 unspecified atom stereocenters. The van der Waals surface area contributed by atoms with Gasteiger partial charge in [-0.25, -0.2) is 9.97 Å². The molecule has 0 bridgehead atoms. The summed E-state index contributed by atoms with van der Waals surface area (Å²) < 4.78 is 5.45. The standard InChI is InChI=1S/C22H23N5O2/c1-16-6-8-17(9-7-16)25-22(28)19-14-21(24-15-23-19)26-18-4-2-3-5-20(18)27-10-12-29-13-11-27/h2-9,14-15H,10-13H2,1H3,(H,25,28)(H,23,24,26). The first-order valence-electron chi connectivity index (χ1n) is 9.58. The van der Waals surface area contributed by atoms with Crippen molar-refractivity contribution in [3.05, 3.63) is 72.2 Å². The molecule has 1 aromatic heterocycles. The van der Waals surface area contributed by atoms with E-state index in [0.717, 1.165) is 35.7 Å². The number of aryl methyl sites for hydroxylation is 1. The van der Waals surface area contributed by atoms with Crippen LogP contribution in [-0.2, 0) is 4.74 Å². The molecule has 4 rings (SSSR count). The Labute approximate surface area is 169 Å². The third kappa shape index (κ3) is 4.70. The maximum absolute atomic E-state index is 12.6. The van der Waals surface area contributed by atoms with E-state index in [1.807, 2.05) is 49.4 Å². The molecule has 0 aliphatic carbocycles. The molecule has 1 aliphatic rings. The Balaban J connectivity index is 1.51. The number of aromatic nitrogens is 2. The van der Waals surface area contributed by atoms with Crippen LogP contribution >= 0.6 is 0 Å². The van der Waals surface area contributed by atoms with E-state index < -0.39 is 0 Å². The summed E-state index contributed by atoms with van der Waals surface area (Å²) in [6, 6.07) is 17.3. The monoisotopic (exact) mass is 389 g/mol.